The van der Waals surface area contributed by atoms with Crippen molar-refractivity contribution in [2.24, 2.45) is 0 Å². The van der Waals surface area contributed by atoms with Gasteiger partial charge in [-0.05, 0) is 19.4 Å². The normalized spacial score (nSPS) is 11.8. The molecule has 0 fully saturated rings. The van der Waals surface area contributed by atoms with Crippen LogP contribution in [0.4, 0.5) is 13.2 Å². The van der Waals surface area contributed by atoms with Gasteiger partial charge in [0.25, 0.3) is 5.91 Å². The van der Waals surface area contributed by atoms with Crippen LogP contribution in [0.25, 0.3) is 0 Å². The topological polar surface area (TPSA) is 64.6 Å². The molecule has 1 aromatic carbocycles. The number of nitrogens with one attached hydrogen (secondary N) is 1. The molecule has 1 amide bonds. The Balaban J connectivity index is 2.14. The Bertz CT molecular complexity index is 773. The summed E-state index contributed by atoms with van der Waals surface area (Å²) in [5.41, 5.74) is -0.757. The number of hydrogen-bond donors (Lipinski definition) is 1. The number of carbonyl (C=O) groups excluding carboxylic acids is 2. The van der Waals surface area contributed by atoms with Crippen LogP contribution in [0, 0.1) is 17.5 Å². The predicted molar refractivity (Wildman–Crippen MR) is 131 cm³/mol. The highest BCUT2D eigenvalue weighted by Gasteiger charge is 2.26. The molecule has 1 atom stereocenters. The number of rotatable bonds is 19. The number of esters is 1. The first-order valence-corrected chi connectivity index (χ1v) is 13.0. The van der Waals surface area contributed by atoms with Crippen LogP contribution in [-0.2, 0) is 9.53 Å². The predicted octanol–water partition coefficient (Wildman–Crippen LogP) is 7.26. The van der Waals surface area contributed by atoms with Gasteiger partial charge in [-0.25, -0.2) is 13.6 Å². The van der Waals surface area contributed by atoms with Gasteiger partial charge in [-0.2, -0.15) is 4.39 Å². The summed E-state index contributed by atoms with van der Waals surface area (Å²) < 4.78 is 51.0. The lowest BCUT2D eigenvalue weighted by atomic mass is 10.0. The molecule has 0 saturated carbocycles. The van der Waals surface area contributed by atoms with Crippen LogP contribution in [0.2, 0.25) is 0 Å². The van der Waals surface area contributed by atoms with Crippen molar-refractivity contribution in [2.75, 3.05) is 13.7 Å². The number of halogens is 3. The zero-order valence-corrected chi connectivity index (χ0v) is 21.5. The van der Waals surface area contributed by atoms with E-state index in [0.29, 0.717) is 6.07 Å². The highest BCUT2D eigenvalue weighted by molar-refractivity contribution is 5.97. The van der Waals surface area contributed by atoms with E-state index in [-0.39, 0.29) is 6.61 Å². The van der Waals surface area contributed by atoms with E-state index in [0.717, 1.165) is 26.4 Å². The lowest BCUT2D eigenvalue weighted by Gasteiger charge is -2.15. The van der Waals surface area contributed by atoms with Gasteiger partial charge in [-0.15, -0.1) is 0 Å². The second kappa shape index (κ2) is 18.1. The van der Waals surface area contributed by atoms with Crippen molar-refractivity contribution in [1.82, 2.24) is 5.32 Å². The lowest BCUT2D eigenvalue weighted by Crippen LogP contribution is -2.40. The molecule has 0 radical (unpaired) electrons. The standard InChI is InChI=1S/C27H42F3NO4/c1-4-5-6-7-8-9-10-11-12-13-14-15-16-17-18-35-27(33)20(2)31-26(32)21-19-22(28)24(30)25(34-3)23(21)29/h19-20H,4-18H2,1-3H3,(H,31,32). The van der Waals surface area contributed by atoms with E-state index >= 15 is 0 Å². The van der Waals surface area contributed by atoms with Crippen LogP contribution in [0.1, 0.15) is 114 Å². The summed E-state index contributed by atoms with van der Waals surface area (Å²) in [7, 11) is 0.958. The van der Waals surface area contributed by atoms with Gasteiger partial charge in [0.05, 0.1) is 19.3 Å². The minimum atomic E-state index is -1.53. The van der Waals surface area contributed by atoms with Crippen molar-refractivity contribution in [2.45, 2.75) is 110 Å². The summed E-state index contributed by atoms with van der Waals surface area (Å²) in [6.45, 7) is 3.84. The van der Waals surface area contributed by atoms with Crippen molar-refractivity contribution >= 4 is 11.9 Å². The zero-order chi connectivity index (χ0) is 26.1. The van der Waals surface area contributed by atoms with Crippen molar-refractivity contribution in [1.29, 1.82) is 0 Å². The summed E-state index contributed by atoms with van der Waals surface area (Å²) in [5.74, 6) is -7.04. The van der Waals surface area contributed by atoms with Crippen LogP contribution in [-0.4, -0.2) is 31.6 Å². The fraction of sp³-hybridized carbons (Fsp3) is 0.704. The summed E-state index contributed by atoms with van der Waals surface area (Å²) >= 11 is 0. The van der Waals surface area contributed by atoms with Gasteiger partial charge >= 0.3 is 5.97 Å². The van der Waals surface area contributed by atoms with Gasteiger partial charge in [-0.3, -0.25) is 4.79 Å². The Hall–Kier alpha value is -2.25. The van der Waals surface area contributed by atoms with E-state index in [1.807, 2.05) is 0 Å². The van der Waals surface area contributed by atoms with E-state index in [4.69, 9.17) is 4.74 Å². The molecule has 8 heteroatoms. The molecule has 0 saturated heterocycles. The van der Waals surface area contributed by atoms with E-state index in [9.17, 15) is 22.8 Å². The number of amides is 1. The van der Waals surface area contributed by atoms with Gasteiger partial charge in [0.2, 0.25) is 5.82 Å². The largest absolute Gasteiger partial charge is 0.491 e. The van der Waals surface area contributed by atoms with E-state index in [2.05, 4.69) is 17.0 Å². The first-order chi connectivity index (χ1) is 16.8. The number of methoxy groups -OCH3 is 1. The summed E-state index contributed by atoms with van der Waals surface area (Å²) in [4.78, 5) is 24.3. The fourth-order valence-electron chi connectivity index (χ4n) is 3.85. The molecular formula is C27H42F3NO4. The summed E-state index contributed by atoms with van der Waals surface area (Å²) in [6.07, 6.45) is 17.1. The maximum atomic E-state index is 14.2. The highest BCUT2D eigenvalue weighted by atomic mass is 19.2. The minimum absolute atomic E-state index is 0.227. The third-order valence-corrected chi connectivity index (χ3v) is 6.01. The number of ether oxygens (including phenoxy) is 2. The van der Waals surface area contributed by atoms with Crippen molar-refractivity contribution < 1.29 is 32.2 Å². The van der Waals surface area contributed by atoms with E-state index < -0.39 is 46.7 Å². The highest BCUT2D eigenvalue weighted by Crippen LogP contribution is 2.27. The second-order valence-electron chi connectivity index (χ2n) is 9.03. The van der Waals surface area contributed by atoms with E-state index in [1.54, 1.807) is 0 Å². The summed E-state index contributed by atoms with van der Waals surface area (Å²) in [5, 5.41) is 2.24. The molecule has 0 aliphatic heterocycles. The fourth-order valence-corrected chi connectivity index (χ4v) is 3.85. The quantitative estimate of drug-likeness (QED) is 0.123. The van der Waals surface area contributed by atoms with Gasteiger partial charge in [-0.1, -0.05) is 90.4 Å². The van der Waals surface area contributed by atoms with Crippen molar-refractivity contribution in [3.05, 3.63) is 29.1 Å². The number of unbranched alkanes of at least 4 members (excludes halogenated alkanes) is 13. The Kier molecular flexibility index (Phi) is 15.9. The minimum Gasteiger partial charge on any atom is -0.491 e. The van der Waals surface area contributed by atoms with Gasteiger partial charge in [0.15, 0.2) is 17.4 Å². The maximum absolute atomic E-state index is 14.2. The molecular weight excluding hydrogens is 459 g/mol. The molecule has 0 aromatic heterocycles. The molecule has 0 heterocycles. The number of benzene rings is 1. The lowest BCUT2D eigenvalue weighted by molar-refractivity contribution is -0.145. The molecule has 1 N–H and O–H groups in total. The van der Waals surface area contributed by atoms with Crippen molar-refractivity contribution in [3.63, 3.8) is 0 Å². The summed E-state index contributed by atoms with van der Waals surface area (Å²) in [6, 6.07) is -0.650. The second-order valence-corrected chi connectivity index (χ2v) is 9.03. The average Bonchev–Trinajstić information content (AvgIpc) is 2.83. The third kappa shape index (κ3) is 11.8. The Morgan fingerprint density at radius 3 is 1.80 bits per heavy atom. The molecule has 0 aliphatic rings. The molecule has 0 aliphatic carbocycles. The first kappa shape index (κ1) is 30.8. The SMILES string of the molecule is CCCCCCCCCCCCCCCCOC(=O)C(C)NC(=O)c1cc(F)c(F)c(OC)c1F. The van der Waals surface area contributed by atoms with Crippen LogP contribution in [0.3, 0.4) is 0 Å². The van der Waals surface area contributed by atoms with Crippen LogP contribution in [0.5, 0.6) is 5.75 Å². The van der Waals surface area contributed by atoms with Crippen LogP contribution < -0.4 is 10.1 Å². The molecule has 35 heavy (non-hydrogen) atoms. The Labute approximate surface area is 208 Å². The smallest absolute Gasteiger partial charge is 0.328 e. The third-order valence-electron chi connectivity index (χ3n) is 6.01. The Morgan fingerprint density at radius 1 is 0.829 bits per heavy atom. The molecule has 5 nitrogen and oxygen atoms in total. The molecule has 0 bridgehead atoms. The maximum Gasteiger partial charge on any atom is 0.328 e. The van der Waals surface area contributed by atoms with Gasteiger partial charge in [0.1, 0.15) is 6.04 Å². The molecule has 1 unspecified atom stereocenters. The zero-order valence-electron chi connectivity index (χ0n) is 21.5. The molecule has 1 rings (SSSR count). The molecule has 1 aromatic rings. The van der Waals surface area contributed by atoms with Crippen LogP contribution >= 0.6 is 0 Å². The van der Waals surface area contributed by atoms with E-state index in [1.165, 1.54) is 77.6 Å². The Morgan fingerprint density at radius 2 is 1.31 bits per heavy atom. The first-order valence-electron chi connectivity index (χ1n) is 13.0. The molecule has 200 valence electrons. The van der Waals surface area contributed by atoms with Gasteiger partial charge in [0, 0.05) is 0 Å². The monoisotopic (exact) mass is 501 g/mol. The average molecular weight is 502 g/mol. The van der Waals surface area contributed by atoms with Crippen molar-refractivity contribution in [3.8, 4) is 5.75 Å². The number of hydrogen-bond acceptors (Lipinski definition) is 4. The number of carbonyl (C=O) groups is 2. The van der Waals surface area contributed by atoms with Gasteiger partial charge < -0.3 is 14.8 Å². The molecule has 0 spiro atoms. The van der Waals surface area contributed by atoms with Crippen LogP contribution in [0.15, 0.2) is 6.07 Å².